The number of hydrogen-bond acceptors (Lipinski definition) is 3. The van der Waals surface area contributed by atoms with Crippen molar-refractivity contribution in [2.24, 2.45) is 0 Å². The molecule has 68 valence electrons. The molecule has 4 heteroatoms. The van der Waals surface area contributed by atoms with Gasteiger partial charge < -0.3 is 10.1 Å². The predicted octanol–water partition coefficient (Wildman–Crippen LogP) is 1.15. The van der Waals surface area contributed by atoms with Crippen LogP contribution in [-0.2, 0) is 4.74 Å². The molecule has 2 nitrogen and oxygen atoms in total. The summed E-state index contributed by atoms with van der Waals surface area (Å²) in [6, 6.07) is 0. The first-order valence-electron chi connectivity index (χ1n) is 3.74. The summed E-state index contributed by atoms with van der Waals surface area (Å²) in [5, 5.41) is 3.30. The maximum atomic E-state index is 5.56. The normalized spacial score (nSPS) is 25.4. The van der Waals surface area contributed by atoms with E-state index < -0.39 is 0 Å². The minimum Gasteiger partial charge on any atom is -0.376 e. The molecule has 1 heterocycles. The monoisotopic (exact) mass is 197 g/mol. The van der Waals surface area contributed by atoms with E-state index in [9.17, 15) is 0 Å². The van der Waals surface area contributed by atoms with E-state index >= 15 is 0 Å². The molecule has 0 aliphatic carbocycles. The number of nitrogens with one attached hydrogen (secondary N) is 1. The Hall–Kier alpha value is 0.560. The van der Waals surface area contributed by atoms with E-state index in [1.54, 1.807) is 0 Å². The second-order valence-corrected chi connectivity index (χ2v) is 3.40. The van der Waals surface area contributed by atoms with Crippen molar-refractivity contribution in [3.05, 3.63) is 0 Å². The van der Waals surface area contributed by atoms with Crippen LogP contribution in [-0.4, -0.2) is 37.8 Å². The van der Waals surface area contributed by atoms with E-state index in [2.05, 4.69) is 11.6 Å². The number of ether oxygens (including phenoxy) is 1. The van der Waals surface area contributed by atoms with Crippen molar-refractivity contribution < 1.29 is 4.74 Å². The van der Waals surface area contributed by atoms with Gasteiger partial charge in [0.25, 0.3) is 0 Å². The zero-order valence-corrected chi connectivity index (χ0v) is 8.47. The second kappa shape index (κ2) is 7.22. The van der Waals surface area contributed by atoms with Crippen LogP contribution in [0.2, 0.25) is 0 Å². The van der Waals surface area contributed by atoms with Crippen LogP contribution in [0.15, 0.2) is 0 Å². The Morgan fingerprint density at radius 2 is 2.36 bits per heavy atom. The molecule has 1 aliphatic rings. The molecule has 1 unspecified atom stereocenters. The van der Waals surface area contributed by atoms with Crippen LogP contribution in [0, 0.1) is 0 Å². The Morgan fingerprint density at radius 1 is 1.55 bits per heavy atom. The van der Waals surface area contributed by atoms with Crippen molar-refractivity contribution in [3.8, 4) is 0 Å². The summed E-state index contributed by atoms with van der Waals surface area (Å²) in [5.74, 6) is 1.14. The molecular formula is C7H16ClNOS. The molecule has 0 aromatic carbocycles. The molecule has 0 bridgehead atoms. The second-order valence-electron chi connectivity index (χ2n) is 2.49. The summed E-state index contributed by atoms with van der Waals surface area (Å²) in [6.07, 6.45) is 3.78. The number of rotatable bonds is 2. The van der Waals surface area contributed by atoms with E-state index in [4.69, 9.17) is 4.74 Å². The molecular weight excluding hydrogens is 182 g/mol. The minimum absolute atomic E-state index is 0. The van der Waals surface area contributed by atoms with Gasteiger partial charge in [-0.05, 0) is 19.2 Å². The summed E-state index contributed by atoms with van der Waals surface area (Å²) in [5.41, 5.74) is 0. The first kappa shape index (κ1) is 11.6. The van der Waals surface area contributed by atoms with Crippen LogP contribution in [0.1, 0.15) is 6.42 Å². The van der Waals surface area contributed by atoms with Crippen molar-refractivity contribution in [2.75, 3.05) is 31.7 Å². The Labute approximate surface area is 78.9 Å². The quantitative estimate of drug-likeness (QED) is 0.718. The summed E-state index contributed by atoms with van der Waals surface area (Å²) in [7, 11) is 0. The third-order valence-corrected chi connectivity index (χ3v) is 2.33. The van der Waals surface area contributed by atoms with E-state index in [-0.39, 0.29) is 12.4 Å². The molecule has 1 saturated heterocycles. The summed E-state index contributed by atoms with van der Waals surface area (Å²) in [6.45, 7) is 3.02. The molecule has 1 atom stereocenters. The molecule has 0 amide bonds. The lowest BCUT2D eigenvalue weighted by molar-refractivity contribution is 0.0817. The van der Waals surface area contributed by atoms with Crippen LogP contribution < -0.4 is 5.32 Å². The number of thioether (sulfide) groups is 1. The Bertz CT molecular complexity index is 86.5. The maximum absolute atomic E-state index is 5.56. The van der Waals surface area contributed by atoms with Gasteiger partial charge in [0.05, 0.1) is 12.7 Å². The Morgan fingerprint density at radius 3 is 3.09 bits per heavy atom. The lowest BCUT2D eigenvalue weighted by Gasteiger charge is -2.11. The third kappa shape index (κ3) is 4.90. The van der Waals surface area contributed by atoms with E-state index in [1.807, 2.05) is 11.8 Å². The zero-order chi connectivity index (χ0) is 7.23. The Kier molecular flexibility index (Phi) is 7.59. The van der Waals surface area contributed by atoms with E-state index in [0.717, 1.165) is 25.4 Å². The van der Waals surface area contributed by atoms with Gasteiger partial charge in [-0.25, -0.2) is 0 Å². The molecule has 11 heavy (non-hydrogen) atoms. The summed E-state index contributed by atoms with van der Waals surface area (Å²) in [4.78, 5) is 0. The average Bonchev–Trinajstić information content (AvgIpc) is 2.17. The maximum Gasteiger partial charge on any atom is 0.0678 e. The molecule has 1 rings (SSSR count). The molecule has 1 N–H and O–H groups in total. The molecule has 0 radical (unpaired) electrons. The topological polar surface area (TPSA) is 21.3 Å². The van der Waals surface area contributed by atoms with Gasteiger partial charge in [-0.1, -0.05) is 0 Å². The van der Waals surface area contributed by atoms with Gasteiger partial charge in [-0.15, -0.1) is 12.4 Å². The standard InChI is InChI=1S/C7H15NOS.ClH/c1-10-6-7-2-3-8-4-5-9-7;/h7-8H,2-6H2,1H3;1H. The van der Waals surface area contributed by atoms with Gasteiger partial charge in [0, 0.05) is 12.3 Å². The van der Waals surface area contributed by atoms with Gasteiger partial charge in [-0.2, -0.15) is 11.8 Å². The van der Waals surface area contributed by atoms with Gasteiger partial charge in [0.1, 0.15) is 0 Å². The Balaban J connectivity index is 0.000001000. The van der Waals surface area contributed by atoms with Crippen molar-refractivity contribution >= 4 is 24.2 Å². The largest absolute Gasteiger partial charge is 0.376 e. The fraction of sp³-hybridized carbons (Fsp3) is 1.00. The highest BCUT2D eigenvalue weighted by Crippen LogP contribution is 2.06. The highest BCUT2D eigenvalue weighted by Gasteiger charge is 2.10. The molecule has 0 saturated carbocycles. The average molecular weight is 198 g/mol. The van der Waals surface area contributed by atoms with Crippen molar-refractivity contribution in [1.29, 1.82) is 0 Å². The molecule has 0 spiro atoms. The van der Waals surface area contributed by atoms with Crippen LogP contribution in [0.5, 0.6) is 0 Å². The third-order valence-electron chi connectivity index (χ3n) is 1.63. The van der Waals surface area contributed by atoms with Crippen molar-refractivity contribution in [2.45, 2.75) is 12.5 Å². The van der Waals surface area contributed by atoms with Crippen molar-refractivity contribution in [1.82, 2.24) is 5.32 Å². The smallest absolute Gasteiger partial charge is 0.0678 e. The van der Waals surface area contributed by atoms with Crippen LogP contribution in [0.4, 0.5) is 0 Å². The molecule has 0 aromatic rings. The first-order valence-corrected chi connectivity index (χ1v) is 5.14. The molecule has 0 aromatic heterocycles. The van der Waals surface area contributed by atoms with Gasteiger partial charge >= 0.3 is 0 Å². The van der Waals surface area contributed by atoms with E-state index in [1.165, 1.54) is 6.42 Å². The molecule has 1 aliphatic heterocycles. The lowest BCUT2D eigenvalue weighted by Crippen LogP contribution is -2.17. The van der Waals surface area contributed by atoms with Crippen LogP contribution in [0.3, 0.4) is 0 Å². The highest BCUT2D eigenvalue weighted by molar-refractivity contribution is 7.98. The number of halogens is 1. The fourth-order valence-electron chi connectivity index (χ4n) is 1.09. The highest BCUT2D eigenvalue weighted by atomic mass is 35.5. The summed E-state index contributed by atoms with van der Waals surface area (Å²) < 4.78 is 5.56. The van der Waals surface area contributed by atoms with Gasteiger partial charge in [-0.3, -0.25) is 0 Å². The van der Waals surface area contributed by atoms with Gasteiger partial charge in [0.15, 0.2) is 0 Å². The first-order chi connectivity index (χ1) is 4.93. The summed E-state index contributed by atoms with van der Waals surface area (Å²) >= 11 is 1.86. The van der Waals surface area contributed by atoms with Gasteiger partial charge in [0.2, 0.25) is 0 Å². The van der Waals surface area contributed by atoms with Crippen molar-refractivity contribution in [3.63, 3.8) is 0 Å². The van der Waals surface area contributed by atoms with Crippen LogP contribution in [0.25, 0.3) is 0 Å². The number of hydrogen-bond donors (Lipinski definition) is 1. The lowest BCUT2D eigenvalue weighted by atomic mass is 10.3. The molecule has 1 fully saturated rings. The zero-order valence-electron chi connectivity index (χ0n) is 6.84. The minimum atomic E-state index is 0. The van der Waals surface area contributed by atoms with E-state index in [0.29, 0.717) is 6.10 Å². The predicted molar refractivity (Wildman–Crippen MR) is 52.9 cm³/mol. The van der Waals surface area contributed by atoms with Crippen LogP contribution >= 0.6 is 24.2 Å². The SMILES string of the molecule is CSCC1CCNCCO1.Cl. The fourth-order valence-corrected chi connectivity index (χ4v) is 1.72.